The van der Waals surface area contributed by atoms with Crippen LogP contribution in [-0.2, 0) is 6.54 Å². The SMILES string of the molecule is Cc1ccc(CNC(=O)c2nnn(-c3ccccc3)c2-c2ccccc2)cc1. The van der Waals surface area contributed by atoms with E-state index in [0.29, 0.717) is 17.9 Å². The first kappa shape index (κ1) is 17.7. The second-order valence-corrected chi connectivity index (χ2v) is 6.57. The highest BCUT2D eigenvalue weighted by Crippen LogP contribution is 2.25. The molecule has 0 aliphatic carbocycles. The van der Waals surface area contributed by atoms with E-state index in [0.717, 1.165) is 16.8 Å². The Hall–Kier alpha value is -3.73. The average molecular weight is 368 g/mol. The van der Waals surface area contributed by atoms with Crippen LogP contribution >= 0.6 is 0 Å². The van der Waals surface area contributed by atoms with Crippen molar-refractivity contribution < 1.29 is 4.79 Å². The summed E-state index contributed by atoms with van der Waals surface area (Å²) >= 11 is 0. The first-order chi connectivity index (χ1) is 13.7. The number of amides is 1. The Kier molecular flexibility index (Phi) is 4.97. The van der Waals surface area contributed by atoms with Gasteiger partial charge < -0.3 is 5.32 Å². The van der Waals surface area contributed by atoms with Gasteiger partial charge in [0.25, 0.3) is 5.91 Å². The lowest BCUT2D eigenvalue weighted by Crippen LogP contribution is -2.24. The second-order valence-electron chi connectivity index (χ2n) is 6.57. The third-order valence-electron chi connectivity index (χ3n) is 4.51. The molecule has 5 nitrogen and oxygen atoms in total. The standard InChI is InChI=1S/C23H20N4O/c1-17-12-14-18(15-13-17)16-24-23(28)21-22(19-8-4-2-5-9-19)27(26-25-21)20-10-6-3-7-11-20/h2-15H,16H2,1H3,(H,24,28). The molecule has 0 bridgehead atoms. The lowest BCUT2D eigenvalue weighted by Gasteiger charge is -2.09. The number of hydrogen-bond donors (Lipinski definition) is 1. The van der Waals surface area contributed by atoms with Crippen molar-refractivity contribution in [2.75, 3.05) is 0 Å². The van der Waals surface area contributed by atoms with E-state index in [-0.39, 0.29) is 5.91 Å². The molecule has 0 spiro atoms. The molecule has 1 heterocycles. The van der Waals surface area contributed by atoms with E-state index < -0.39 is 0 Å². The van der Waals surface area contributed by atoms with Gasteiger partial charge in [0.2, 0.25) is 0 Å². The van der Waals surface area contributed by atoms with Crippen LogP contribution in [0.2, 0.25) is 0 Å². The summed E-state index contributed by atoms with van der Waals surface area (Å²) in [5, 5.41) is 11.4. The topological polar surface area (TPSA) is 59.8 Å². The molecule has 0 saturated heterocycles. The predicted molar refractivity (Wildman–Crippen MR) is 109 cm³/mol. The number of hydrogen-bond acceptors (Lipinski definition) is 3. The number of aryl methyl sites for hydroxylation is 1. The van der Waals surface area contributed by atoms with Crippen LogP contribution in [0.4, 0.5) is 0 Å². The summed E-state index contributed by atoms with van der Waals surface area (Å²) in [6.45, 7) is 2.47. The highest BCUT2D eigenvalue weighted by atomic mass is 16.2. The Morgan fingerprint density at radius 1 is 0.893 bits per heavy atom. The fraction of sp³-hybridized carbons (Fsp3) is 0.0870. The first-order valence-corrected chi connectivity index (χ1v) is 9.12. The molecule has 1 N–H and O–H groups in total. The van der Waals surface area contributed by atoms with Gasteiger partial charge in [0.05, 0.1) is 5.69 Å². The average Bonchev–Trinajstić information content (AvgIpc) is 3.20. The van der Waals surface area contributed by atoms with Crippen LogP contribution in [0, 0.1) is 6.92 Å². The molecule has 0 atom stereocenters. The highest BCUT2D eigenvalue weighted by molar-refractivity contribution is 5.98. The number of benzene rings is 3. The summed E-state index contributed by atoms with van der Waals surface area (Å²) < 4.78 is 1.70. The summed E-state index contributed by atoms with van der Waals surface area (Å²) in [6, 6.07) is 27.5. The molecule has 0 radical (unpaired) electrons. The van der Waals surface area contributed by atoms with Crippen LogP contribution < -0.4 is 5.32 Å². The number of nitrogens with zero attached hydrogens (tertiary/aromatic N) is 3. The number of rotatable bonds is 5. The quantitative estimate of drug-likeness (QED) is 0.575. The second kappa shape index (κ2) is 7.88. The molecule has 1 amide bonds. The zero-order chi connectivity index (χ0) is 19.3. The van der Waals surface area contributed by atoms with Gasteiger partial charge in [-0.25, -0.2) is 4.68 Å². The van der Waals surface area contributed by atoms with Crippen LogP contribution in [0.15, 0.2) is 84.9 Å². The third kappa shape index (κ3) is 3.69. The number of carbonyl (C=O) groups is 1. The number of nitrogens with one attached hydrogen (secondary N) is 1. The van der Waals surface area contributed by atoms with Gasteiger partial charge in [0.1, 0.15) is 5.69 Å². The molecular weight excluding hydrogens is 348 g/mol. The minimum absolute atomic E-state index is 0.249. The highest BCUT2D eigenvalue weighted by Gasteiger charge is 2.21. The molecule has 0 unspecified atom stereocenters. The lowest BCUT2D eigenvalue weighted by molar-refractivity contribution is 0.0946. The zero-order valence-corrected chi connectivity index (χ0v) is 15.5. The van der Waals surface area contributed by atoms with Gasteiger partial charge in [-0.05, 0) is 24.6 Å². The summed E-state index contributed by atoms with van der Waals surface area (Å²) in [4.78, 5) is 12.9. The molecule has 138 valence electrons. The molecule has 4 aromatic rings. The molecule has 0 aliphatic heterocycles. The Labute approximate surface area is 163 Å². The van der Waals surface area contributed by atoms with Crippen molar-refractivity contribution in [3.63, 3.8) is 0 Å². The lowest BCUT2D eigenvalue weighted by atomic mass is 10.1. The van der Waals surface area contributed by atoms with Gasteiger partial charge in [-0.1, -0.05) is 83.6 Å². The van der Waals surface area contributed by atoms with Crippen molar-refractivity contribution in [2.24, 2.45) is 0 Å². The first-order valence-electron chi connectivity index (χ1n) is 9.12. The molecule has 4 rings (SSSR count). The maximum absolute atomic E-state index is 12.9. The molecular formula is C23H20N4O. The zero-order valence-electron chi connectivity index (χ0n) is 15.5. The van der Waals surface area contributed by atoms with Gasteiger partial charge >= 0.3 is 0 Å². The fourth-order valence-electron chi connectivity index (χ4n) is 3.01. The van der Waals surface area contributed by atoms with Crippen molar-refractivity contribution in [1.29, 1.82) is 0 Å². The largest absolute Gasteiger partial charge is 0.346 e. The minimum Gasteiger partial charge on any atom is -0.346 e. The molecule has 1 aromatic heterocycles. The van der Waals surface area contributed by atoms with Crippen molar-refractivity contribution in [3.8, 4) is 16.9 Å². The van der Waals surface area contributed by atoms with Crippen LogP contribution in [0.5, 0.6) is 0 Å². The van der Waals surface area contributed by atoms with Crippen LogP contribution in [0.25, 0.3) is 16.9 Å². The van der Waals surface area contributed by atoms with E-state index in [2.05, 4.69) is 15.6 Å². The number of aromatic nitrogens is 3. The van der Waals surface area contributed by atoms with Crippen LogP contribution in [0.1, 0.15) is 21.6 Å². The molecule has 3 aromatic carbocycles. The van der Waals surface area contributed by atoms with Crippen molar-refractivity contribution in [2.45, 2.75) is 13.5 Å². The maximum atomic E-state index is 12.9. The predicted octanol–water partition coefficient (Wildman–Crippen LogP) is 4.17. The third-order valence-corrected chi connectivity index (χ3v) is 4.51. The molecule has 0 saturated carbocycles. The molecule has 0 fully saturated rings. The Morgan fingerprint density at radius 2 is 1.54 bits per heavy atom. The molecule has 5 heteroatoms. The Morgan fingerprint density at radius 3 is 2.21 bits per heavy atom. The summed E-state index contributed by atoms with van der Waals surface area (Å²) in [5.41, 5.74) is 4.95. The van der Waals surface area contributed by atoms with E-state index in [1.807, 2.05) is 91.9 Å². The van der Waals surface area contributed by atoms with Gasteiger partial charge in [0.15, 0.2) is 5.69 Å². The minimum atomic E-state index is -0.249. The van der Waals surface area contributed by atoms with E-state index >= 15 is 0 Å². The summed E-state index contributed by atoms with van der Waals surface area (Å²) in [5.74, 6) is -0.249. The Bertz CT molecular complexity index is 1070. The molecule has 0 aliphatic rings. The van der Waals surface area contributed by atoms with E-state index in [9.17, 15) is 4.79 Å². The normalized spacial score (nSPS) is 10.6. The van der Waals surface area contributed by atoms with Gasteiger partial charge in [-0.2, -0.15) is 0 Å². The number of carbonyl (C=O) groups excluding carboxylic acids is 1. The smallest absolute Gasteiger partial charge is 0.274 e. The van der Waals surface area contributed by atoms with Crippen LogP contribution in [0.3, 0.4) is 0 Å². The fourth-order valence-corrected chi connectivity index (χ4v) is 3.01. The molecule has 28 heavy (non-hydrogen) atoms. The van der Waals surface area contributed by atoms with Gasteiger partial charge in [-0.3, -0.25) is 4.79 Å². The van der Waals surface area contributed by atoms with Crippen LogP contribution in [-0.4, -0.2) is 20.9 Å². The summed E-state index contributed by atoms with van der Waals surface area (Å²) in [7, 11) is 0. The van der Waals surface area contributed by atoms with Gasteiger partial charge in [-0.15, -0.1) is 5.10 Å². The van der Waals surface area contributed by atoms with Gasteiger partial charge in [0, 0.05) is 12.1 Å². The monoisotopic (exact) mass is 368 g/mol. The van der Waals surface area contributed by atoms with E-state index in [1.165, 1.54) is 5.56 Å². The van der Waals surface area contributed by atoms with Crippen molar-refractivity contribution in [3.05, 3.63) is 102 Å². The van der Waals surface area contributed by atoms with E-state index in [4.69, 9.17) is 0 Å². The number of para-hydroxylation sites is 1. The van der Waals surface area contributed by atoms with Crippen molar-refractivity contribution in [1.82, 2.24) is 20.3 Å². The summed E-state index contributed by atoms with van der Waals surface area (Å²) in [6.07, 6.45) is 0. The Balaban J connectivity index is 1.67. The van der Waals surface area contributed by atoms with Crippen molar-refractivity contribution >= 4 is 5.91 Å². The maximum Gasteiger partial charge on any atom is 0.274 e. The van der Waals surface area contributed by atoms with E-state index in [1.54, 1.807) is 4.68 Å².